The third-order valence-electron chi connectivity index (χ3n) is 2.95. The summed E-state index contributed by atoms with van der Waals surface area (Å²) in [4.78, 5) is 12.0. The second kappa shape index (κ2) is 7.42. The summed E-state index contributed by atoms with van der Waals surface area (Å²) in [5.41, 5.74) is 1.32. The fourth-order valence-electron chi connectivity index (χ4n) is 1.87. The van der Waals surface area contributed by atoms with Crippen LogP contribution in [0.3, 0.4) is 0 Å². The van der Waals surface area contributed by atoms with Crippen molar-refractivity contribution in [1.82, 2.24) is 5.32 Å². The van der Waals surface area contributed by atoms with Crippen LogP contribution in [0.5, 0.6) is 0 Å². The van der Waals surface area contributed by atoms with Crippen LogP contribution in [0.4, 0.5) is 10.5 Å². The molecule has 0 fully saturated rings. The predicted molar refractivity (Wildman–Crippen MR) is 93.5 cm³/mol. The quantitative estimate of drug-likeness (QED) is 0.658. The molecule has 0 aliphatic carbocycles. The number of rotatable bonds is 3. The topological polar surface area (TPSA) is 41.1 Å². The first-order chi connectivity index (χ1) is 10.4. The normalized spacial score (nSPS) is 11.9. The molecule has 3 nitrogen and oxygen atoms in total. The Labute approximate surface area is 148 Å². The van der Waals surface area contributed by atoms with Crippen molar-refractivity contribution in [3.8, 4) is 0 Å². The second-order valence-corrected chi connectivity index (χ2v) is 6.27. The highest BCUT2D eigenvalue weighted by molar-refractivity contribution is 6.42. The largest absolute Gasteiger partial charge is 0.331 e. The zero-order valence-corrected chi connectivity index (χ0v) is 14.5. The van der Waals surface area contributed by atoms with Gasteiger partial charge >= 0.3 is 6.03 Å². The van der Waals surface area contributed by atoms with Gasteiger partial charge in [-0.3, -0.25) is 0 Å². The third kappa shape index (κ3) is 4.43. The molecule has 0 saturated heterocycles. The zero-order chi connectivity index (χ0) is 16.3. The van der Waals surface area contributed by atoms with Gasteiger partial charge in [-0.05, 0) is 42.8 Å². The number of halogens is 4. The molecule has 7 heteroatoms. The van der Waals surface area contributed by atoms with Crippen molar-refractivity contribution in [2.45, 2.75) is 13.0 Å². The van der Waals surface area contributed by atoms with Crippen molar-refractivity contribution in [3.63, 3.8) is 0 Å². The fourth-order valence-corrected chi connectivity index (χ4v) is 2.74. The molecule has 0 saturated carbocycles. The van der Waals surface area contributed by atoms with Gasteiger partial charge in [-0.2, -0.15) is 0 Å². The van der Waals surface area contributed by atoms with Crippen molar-refractivity contribution < 1.29 is 4.79 Å². The molecule has 0 aliphatic rings. The minimum Gasteiger partial charge on any atom is -0.331 e. The number of hydrogen-bond donors (Lipinski definition) is 2. The highest BCUT2D eigenvalue weighted by atomic mass is 35.5. The number of carbonyl (C=O) groups is 1. The number of hydrogen-bond acceptors (Lipinski definition) is 1. The molecule has 22 heavy (non-hydrogen) atoms. The number of amides is 2. The van der Waals surface area contributed by atoms with Crippen LogP contribution in [0, 0.1) is 0 Å². The minimum atomic E-state index is -0.378. The lowest BCUT2D eigenvalue weighted by atomic mass is 10.1. The fraction of sp³-hybridized carbons (Fsp3) is 0.133. The van der Waals surface area contributed by atoms with Crippen LogP contribution in [0.1, 0.15) is 18.5 Å². The Balaban J connectivity index is 2.03. The van der Waals surface area contributed by atoms with Crippen LogP contribution in [0.15, 0.2) is 36.4 Å². The van der Waals surface area contributed by atoms with E-state index in [1.165, 1.54) is 0 Å². The van der Waals surface area contributed by atoms with Gasteiger partial charge in [-0.1, -0.05) is 52.5 Å². The summed E-state index contributed by atoms with van der Waals surface area (Å²) in [5.74, 6) is 0. The van der Waals surface area contributed by atoms with E-state index in [0.29, 0.717) is 25.8 Å². The van der Waals surface area contributed by atoms with E-state index in [1.54, 1.807) is 36.4 Å². The molecule has 0 heterocycles. The first-order valence-corrected chi connectivity index (χ1v) is 7.85. The molecule has 2 rings (SSSR count). The van der Waals surface area contributed by atoms with Gasteiger partial charge in [-0.25, -0.2) is 4.79 Å². The second-order valence-electron chi connectivity index (χ2n) is 4.61. The molecule has 2 N–H and O–H groups in total. The Bertz CT molecular complexity index is 706. The molecule has 2 aromatic carbocycles. The summed E-state index contributed by atoms with van der Waals surface area (Å²) in [6.45, 7) is 1.82. The van der Waals surface area contributed by atoms with Crippen LogP contribution in [-0.2, 0) is 0 Å². The van der Waals surface area contributed by atoms with E-state index in [4.69, 9.17) is 46.4 Å². The van der Waals surface area contributed by atoms with Crippen molar-refractivity contribution in [3.05, 3.63) is 62.1 Å². The number of carbonyl (C=O) groups excluding carboxylic acids is 1. The standard InChI is InChI=1S/C15H12Cl4N2O/c1-8(11-4-2-9(16)6-13(11)18)20-15(22)21-10-3-5-12(17)14(19)7-10/h2-8H,1H3,(H2,20,21,22)/t8-/m1/s1. The van der Waals surface area contributed by atoms with E-state index in [2.05, 4.69) is 10.6 Å². The summed E-state index contributed by atoms with van der Waals surface area (Å²) < 4.78 is 0. The SMILES string of the molecule is C[C@@H](NC(=O)Nc1ccc(Cl)c(Cl)c1)c1ccc(Cl)cc1Cl. The highest BCUT2D eigenvalue weighted by Gasteiger charge is 2.13. The molecule has 0 unspecified atom stereocenters. The Morgan fingerprint density at radius 2 is 1.68 bits per heavy atom. The molecule has 2 amide bonds. The molecule has 116 valence electrons. The van der Waals surface area contributed by atoms with Gasteiger partial charge in [0, 0.05) is 15.7 Å². The van der Waals surface area contributed by atoms with Gasteiger partial charge in [0.1, 0.15) is 0 Å². The van der Waals surface area contributed by atoms with Crippen LogP contribution in [-0.4, -0.2) is 6.03 Å². The molecule has 0 aliphatic heterocycles. The predicted octanol–water partition coefficient (Wildman–Crippen LogP) is 6.18. The maximum Gasteiger partial charge on any atom is 0.319 e. The maximum atomic E-state index is 12.0. The number of urea groups is 1. The van der Waals surface area contributed by atoms with Crippen LogP contribution >= 0.6 is 46.4 Å². The number of anilines is 1. The van der Waals surface area contributed by atoms with E-state index in [0.717, 1.165) is 5.56 Å². The van der Waals surface area contributed by atoms with Crippen molar-refractivity contribution in [1.29, 1.82) is 0 Å². The van der Waals surface area contributed by atoms with Crippen molar-refractivity contribution in [2.75, 3.05) is 5.32 Å². The lowest BCUT2D eigenvalue weighted by Gasteiger charge is -2.16. The summed E-state index contributed by atoms with van der Waals surface area (Å²) in [6, 6.07) is 9.31. The van der Waals surface area contributed by atoms with Crippen molar-refractivity contribution in [2.24, 2.45) is 0 Å². The molecule has 0 aromatic heterocycles. The first kappa shape index (κ1) is 17.2. The Morgan fingerprint density at radius 3 is 2.32 bits per heavy atom. The molecular formula is C15H12Cl4N2O. The average molecular weight is 378 g/mol. The monoisotopic (exact) mass is 376 g/mol. The van der Waals surface area contributed by atoms with Crippen LogP contribution in [0.2, 0.25) is 20.1 Å². The summed E-state index contributed by atoms with van der Waals surface area (Å²) in [7, 11) is 0. The molecular weight excluding hydrogens is 366 g/mol. The van der Waals surface area contributed by atoms with Gasteiger partial charge in [0.2, 0.25) is 0 Å². The highest BCUT2D eigenvalue weighted by Crippen LogP contribution is 2.27. The van der Waals surface area contributed by atoms with Gasteiger partial charge < -0.3 is 10.6 Å². The smallest absolute Gasteiger partial charge is 0.319 e. The maximum absolute atomic E-state index is 12.0. The van der Waals surface area contributed by atoms with Crippen LogP contribution < -0.4 is 10.6 Å². The van der Waals surface area contributed by atoms with Gasteiger partial charge in [0.05, 0.1) is 16.1 Å². The molecule has 0 bridgehead atoms. The third-order valence-corrected chi connectivity index (χ3v) is 4.26. The first-order valence-electron chi connectivity index (χ1n) is 6.34. The molecule has 2 aromatic rings. The summed E-state index contributed by atoms with van der Waals surface area (Å²) in [5, 5.41) is 7.30. The van der Waals surface area contributed by atoms with E-state index in [-0.39, 0.29) is 12.1 Å². The lowest BCUT2D eigenvalue weighted by molar-refractivity contribution is 0.249. The summed E-state index contributed by atoms with van der Waals surface area (Å²) >= 11 is 23.7. The molecule has 0 spiro atoms. The zero-order valence-electron chi connectivity index (χ0n) is 11.5. The number of benzene rings is 2. The van der Waals surface area contributed by atoms with Gasteiger partial charge in [-0.15, -0.1) is 0 Å². The van der Waals surface area contributed by atoms with E-state index < -0.39 is 0 Å². The Kier molecular flexibility index (Phi) is 5.81. The lowest BCUT2D eigenvalue weighted by Crippen LogP contribution is -2.31. The Morgan fingerprint density at radius 1 is 0.955 bits per heavy atom. The molecule has 0 radical (unpaired) electrons. The summed E-state index contributed by atoms with van der Waals surface area (Å²) in [6.07, 6.45) is 0. The van der Waals surface area contributed by atoms with E-state index in [9.17, 15) is 4.79 Å². The average Bonchev–Trinajstić information content (AvgIpc) is 2.42. The van der Waals surface area contributed by atoms with E-state index >= 15 is 0 Å². The van der Waals surface area contributed by atoms with Crippen molar-refractivity contribution >= 4 is 58.1 Å². The van der Waals surface area contributed by atoms with Crippen LogP contribution in [0.25, 0.3) is 0 Å². The molecule has 1 atom stereocenters. The Hall–Kier alpha value is -1.13. The number of nitrogens with one attached hydrogen (secondary N) is 2. The van der Waals surface area contributed by atoms with Gasteiger partial charge in [0.15, 0.2) is 0 Å². The van der Waals surface area contributed by atoms with Gasteiger partial charge in [0.25, 0.3) is 0 Å². The minimum absolute atomic E-state index is 0.285. The van der Waals surface area contributed by atoms with E-state index in [1.807, 2.05) is 6.92 Å².